The van der Waals surface area contributed by atoms with E-state index in [2.05, 4.69) is 210 Å². The first-order valence-electron chi connectivity index (χ1n) is 35.3. The van der Waals surface area contributed by atoms with Gasteiger partial charge in [-0.05, 0) is 167 Å². The largest absolute Gasteiger partial charge is 0.242 e. The molecule has 0 amide bonds. The summed E-state index contributed by atoms with van der Waals surface area (Å²) in [6, 6.07) is 51.0. The molecule has 14 aromatic rings. The van der Waals surface area contributed by atoms with E-state index in [0.717, 1.165) is 60.2 Å². The van der Waals surface area contributed by atoms with Gasteiger partial charge < -0.3 is 0 Å². The third kappa shape index (κ3) is 16.3. The summed E-state index contributed by atoms with van der Waals surface area (Å²) in [6.07, 6.45) is 42.6. The summed E-state index contributed by atoms with van der Waals surface area (Å²) in [4.78, 5) is 41.0. The van der Waals surface area contributed by atoms with E-state index in [0.29, 0.717) is 0 Å². The third-order valence-electron chi connectivity index (χ3n) is 18.1. The van der Waals surface area contributed by atoms with Gasteiger partial charge in [-0.1, -0.05) is 202 Å². The lowest BCUT2D eigenvalue weighted by Crippen LogP contribution is -1.92. The summed E-state index contributed by atoms with van der Waals surface area (Å²) < 4.78 is 0. The highest BCUT2D eigenvalue weighted by Crippen LogP contribution is 2.50. The van der Waals surface area contributed by atoms with Crippen molar-refractivity contribution in [2.45, 2.75) is 156 Å². The Labute approximate surface area is 619 Å². The average Bonchev–Trinajstić information content (AvgIpc) is 1.24. The Balaban J connectivity index is 0.842. The molecule has 10 heterocycles. The maximum absolute atomic E-state index is 5.09. The monoisotopic (exact) mass is 1470 g/mol. The third-order valence-corrected chi connectivity index (χ3v) is 30.4. The van der Waals surface area contributed by atoms with Crippen LogP contribution in [0.25, 0.3) is 136 Å². The number of thiophene rings is 6. The van der Waals surface area contributed by atoms with Gasteiger partial charge in [0.1, 0.15) is 0 Å². The summed E-state index contributed by atoms with van der Waals surface area (Å²) >= 11 is 18.7. The first kappa shape index (κ1) is 68.7. The van der Waals surface area contributed by atoms with Gasteiger partial charge in [0.05, 0.1) is 19.5 Å². The van der Waals surface area contributed by atoms with E-state index < -0.39 is 0 Å². The van der Waals surface area contributed by atoms with Crippen molar-refractivity contribution in [3.05, 3.63) is 200 Å². The SMILES string of the molecule is CCCCCCc1ccc(-c2ccc(-c3cc(/C=C/c4ccc5ccccc5c4-c4c(/C=C/c5cc(-c6cnc(-c7ncc(CCCCCC)s7)s6)sc5-c5cnc(-c6ncc(CCCCCC)s6)s5)ccc5ccccc45)c(-c4ccc(-c5ccc(CCCCCC)s5)s4)s3)s2)s1. The summed E-state index contributed by atoms with van der Waals surface area (Å²) in [5, 5.41) is 8.84. The second-order valence-electron chi connectivity index (χ2n) is 25.4. The molecule has 14 heteroatoms. The molecule has 0 unspecified atom stereocenters. The summed E-state index contributed by atoms with van der Waals surface area (Å²) in [7, 11) is 0. The molecule has 0 N–H and O–H groups in total. The van der Waals surface area contributed by atoms with Crippen LogP contribution in [0.2, 0.25) is 0 Å². The van der Waals surface area contributed by atoms with Crippen LogP contribution in [0.5, 0.6) is 0 Å². The molecular weight excluding hydrogens is 1390 g/mol. The van der Waals surface area contributed by atoms with Crippen LogP contribution >= 0.6 is 113 Å². The second kappa shape index (κ2) is 33.4. The molecule has 10 aromatic heterocycles. The standard InChI is InChI=1S/C84H82N4S10/c1-5-9-13-17-27-61-41-43-67(89-61)69-45-46-71(93-69)73-49-59(79(95-73)72-48-47-70(94-72)68-44-42-62(90-68)28-18-14-10-6-2)39-37-57-35-33-55-25-21-23-31-65(55)77(57)78-58(36-34-56-26-22-24-32-66(56)78)38-40-60-50-74(75-53-87-83(97-75)81-85-51-63(91-81)29-19-15-11-7-3)96-80(60)76-54-88-84(98-76)82-86-52-64(92-82)30-20-16-12-8-4/h21-26,31-54H,5-20,27-30H2,1-4H3/b39-37+,40-38+. The number of fused-ring (bicyclic) bond motifs is 2. The van der Waals surface area contributed by atoms with Crippen LogP contribution in [-0.2, 0) is 25.7 Å². The quantitative estimate of drug-likeness (QED) is 0.0385. The normalized spacial score (nSPS) is 12.0. The minimum Gasteiger partial charge on any atom is -0.242 e. The molecule has 0 spiro atoms. The van der Waals surface area contributed by atoms with Crippen molar-refractivity contribution < 1.29 is 0 Å². The van der Waals surface area contributed by atoms with Crippen LogP contribution in [0, 0.1) is 0 Å². The molecule has 4 nitrogen and oxygen atoms in total. The zero-order valence-electron chi connectivity index (χ0n) is 56.3. The predicted molar refractivity (Wildman–Crippen MR) is 442 cm³/mol. The van der Waals surface area contributed by atoms with Crippen molar-refractivity contribution in [2.24, 2.45) is 0 Å². The van der Waals surface area contributed by atoms with Crippen LogP contribution < -0.4 is 0 Å². The number of benzene rings is 4. The molecule has 0 fully saturated rings. The summed E-state index contributed by atoms with van der Waals surface area (Å²) in [5.41, 5.74) is 7.19. The Morgan fingerprint density at radius 2 is 0.633 bits per heavy atom. The second-order valence-corrected chi connectivity index (χ2v) is 36.3. The molecule has 0 aliphatic carbocycles. The molecule has 0 saturated heterocycles. The van der Waals surface area contributed by atoms with Gasteiger partial charge in [0, 0.05) is 83.3 Å². The van der Waals surface area contributed by atoms with E-state index in [-0.39, 0.29) is 0 Å². The topological polar surface area (TPSA) is 51.6 Å². The fourth-order valence-electron chi connectivity index (χ4n) is 12.9. The highest BCUT2D eigenvalue weighted by Gasteiger charge is 2.23. The number of hydrogen-bond acceptors (Lipinski definition) is 14. The fourth-order valence-corrected chi connectivity index (χ4v) is 23.6. The molecule has 498 valence electrons. The van der Waals surface area contributed by atoms with E-state index in [1.807, 2.05) is 68.0 Å². The van der Waals surface area contributed by atoms with Crippen molar-refractivity contribution in [1.82, 2.24) is 19.9 Å². The number of rotatable bonds is 33. The van der Waals surface area contributed by atoms with Crippen molar-refractivity contribution >= 4 is 159 Å². The van der Waals surface area contributed by atoms with Gasteiger partial charge in [0.2, 0.25) is 0 Å². The first-order valence-corrected chi connectivity index (χ1v) is 43.4. The lowest BCUT2D eigenvalue weighted by Gasteiger charge is -2.17. The number of nitrogens with zero attached hydrogens (tertiary/aromatic N) is 4. The number of aromatic nitrogens is 4. The number of aryl methyl sites for hydroxylation is 4. The number of unbranched alkanes of at least 4 members (excludes halogenated alkanes) is 12. The van der Waals surface area contributed by atoms with Crippen molar-refractivity contribution in [3.8, 4) is 89.7 Å². The molecule has 0 aliphatic rings. The Bertz CT molecular complexity index is 4680. The van der Waals surface area contributed by atoms with Gasteiger partial charge in [-0.3, -0.25) is 0 Å². The molecule has 0 aliphatic heterocycles. The zero-order chi connectivity index (χ0) is 66.6. The van der Waals surface area contributed by atoms with E-state index in [4.69, 9.17) is 19.9 Å². The molecular formula is C84H82N4S10. The van der Waals surface area contributed by atoms with Crippen LogP contribution in [0.3, 0.4) is 0 Å². The molecule has 0 saturated carbocycles. The molecule has 0 radical (unpaired) electrons. The van der Waals surface area contributed by atoms with Crippen LogP contribution in [0.4, 0.5) is 0 Å². The average molecular weight is 1470 g/mol. The van der Waals surface area contributed by atoms with Crippen LogP contribution in [0.15, 0.2) is 158 Å². The Hall–Kier alpha value is -6.40. The Morgan fingerprint density at radius 3 is 1.13 bits per heavy atom. The van der Waals surface area contributed by atoms with Gasteiger partial charge in [0.15, 0.2) is 20.0 Å². The smallest absolute Gasteiger partial charge is 0.152 e. The molecule has 98 heavy (non-hydrogen) atoms. The van der Waals surface area contributed by atoms with Crippen molar-refractivity contribution in [2.75, 3.05) is 0 Å². The summed E-state index contributed by atoms with van der Waals surface area (Å²) in [5.74, 6) is 0. The molecule has 0 atom stereocenters. The van der Waals surface area contributed by atoms with E-state index in [1.54, 1.807) is 45.3 Å². The Kier molecular flexibility index (Phi) is 23.4. The lowest BCUT2D eigenvalue weighted by atomic mass is 9.86. The van der Waals surface area contributed by atoms with Crippen molar-refractivity contribution in [1.29, 1.82) is 0 Å². The zero-order valence-corrected chi connectivity index (χ0v) is 64.5. The maximum Gasteiger partial charge on any atom is 0.152 e. The number of hydrogen-bond donors (Lipinski definition) is 0. The van der Waals surface area contributed by atoms with Crippen molar-refractivity contribution in [3.63, 3.8) is 0 Å². The van der Waals surface area contributed by atoms with Gasteiger partial charge in [0.25, 0.3) is 0 Å². The number of thiazole rings is 4. The highest BCUT2D eigenvalue weighted by molar-refractivity contribution is 7.31. The van der Waals surface area contributed by atoms with Gasteiger partial charge >= 0.3 is 0 Å². The van der Waals surface area contributed by atoms with Crippen LogP contribution in [0.1, 0.15) is 172 Å². The minimum atomic E-state index is 0.972. The van der Waals surface area contributed by atoms with E-state index >= 15 is 0 Å². The molecule has 14 rings (SSSR count). The molecule has 4 aromatic carbocycles. The Morgan fingerprint density at radius 1 is 0.265 bits per heavy atom. The highest BCUT2D eigenvalue weighted by atomic mass is 32.1. The van der Waals surface area contributed by atoms with Crippen LogP contribution in [-0.4, -0.2) is 19.9 Å². The first-order chi connectivity index (χ1) is 48.4. The van der Waals surface area contributed by atoms with Gasteiger partial charge in [-0.15, -0.1) is 113 Å². The fraction of sp³-hybridized carbons (Fsp3) is 0.286. The maximum atomic E-state index is 5.09. The lowest BCUT2D eigenvalue weighted by molar-refractivity contribution is 0.670. The minimum absolute atomic E-state index is 0.972. The van der Waals surface area contributed by atoms with E-state index in [1.165, 1.54) is 221 Å². The predicted octanol–water partition coefficient (Wildman–Crippen LogP) is 30.0. The van der Waals surface area contributed by atoms with Gasteiger partial charge in [-0.2, -0.15) is 0 Å². The van der Waals surface area contributed by atoms with E-state index in [9.17, 15) is 0 Å². The summed E-state index contributed by atoms with van der Waals surface area (Å²) in [6.45, 7) is 9.13. The van der Waals surface area contributed by atoms with Gasteiger partial charge in [-0.25, -0.2) is 19.9 Å². The molecule has 0 bridgehead atoms.